The first-order valence-corrected chi connectivity index (χ1v) is 7.22. The summed E-state index contributed by atoms with van der Waals surface area (Å²) in [6.07, 6.45) is 0.300. The molecular formula is C12H13FO3S. The van der Waals surface area contributed by atoms with Gasteiger partial charge in [-0.05, 0) is 25.5 Å². The molecule has 1 saturated heterocycles. The second-order valence-electron chi connectivity index (χ2n) is 4.45. The molecule has 2 rings (SSSR count). The Kier molecular flexibility index (Phi) is 3.03. The Labute approximate surface area is 99.6 Å². The predicted octanol–water partition coefficient (Wildman–Crippen LogP) is 1.75. The number of carbonyl (C=O) groups is 1. The Balaban J connectivity index is 2.29. The molecule has 5 heteroatoms. The SMILES string of the molecule is Cc1ccc(F)c(C(=O)C2CCS(=O)(=O)C2)c1. The Morgan fingerprint density at radius 1 is 1.41 bits per heavy atom. The number of hydrogen-bond acceptors (Lipinski definition) is 3. The molecule has 1 aliphatic heterocycles. The average Bonchev–Trinajstić information content (AvgIpc) is 2.61. The van der Waals surface area contributed by atoms with Gasteiger partial charge in [0, 0.05) is 5.92 Å². The highest BCUT2D eigenvalue weighted by atomic mass is 32.2. The highest BCUT2D eigenvalue weighted by Crippen LogP contribution is 2.24. The van der Waals surface area contributed by atoms with Gasteiger partial charge in [0.15, 0.2) is 15.6 Å². The number of ketones is 1. The maximum atomic E-state index is 13.5. The lowest BCUT2D eigenvalue weighted by Gasteiger charge is -2.08. The molecule has 0 aliphatic carbocycles. The van der Waals surface area contributed by atoms with Crippen LogP contribution < -0.4 is 0 Å². The average molecular weight is 256 g/mol. The monoisotopic (exact) mass is 256 g/mol. The fourth-order valence-corrected chi connectivity index (χ4v) is 3.79. The zero-order valence-electron chi connectivity index (χ0n) is 9.44. The Morgan fingerprint density at radius 2 is 2.12 bits per heavy atom. The van der Waals surface area contributed by atoms with Crippen molar-refractivity contribution in [2.75, 3.05) is 11.5 Å². The third-order valence-electron chi connectivity index (χ3n) is 2.99. The number of aryl methyl sites for hydroxylation is 1. The third kappa shape index (κ3) is 2.54. The van der Waals surface area contributed by atoms with Crippen LogP contribution >= 0.6 is 0 Å². The predicted molar refractivity (Wildman–Crippen MR) is 62.2 cm³/mol. The molecule has 1 fully saturated rings. The second kappa shape index (κ2) is 4.22. The molecule has 3 nitrogen and oxygen atoms in total. The summed E-state index contributed by atoms with van der Waals surface area (Å²) in [5.74, 6) is -1.69. The quantitative estimate of drug-likeness (QED) is 0.757. The first kappa shape index (κ1) is 12.2. The van der Waals surface area contributed by atoms with Gasteiger partial charge in [0.05, 0.1) is 17.1 Å². The number of rotatable bonds is 2. The maximum absolute atomic E-state index is 13.5. The van der Waals surface area contributed by atoms with Gasteiger partial charge in [-0.1, -0.05) is 11.6 Å². The number of Topliss-reactive ketones (excluding diaryl/α,β-unsaturated/α-hetero) is 1. The number of halogens is 1. The summed E-state index contributed by atoms with van der Waals surface area (Å²) in [4.78, 5) is 12.0. The van der Waals surface area contributed by atoms with Gasteiger partial charge in [-0.25, -0.2) is 12.8 Å². The molecule has 0 amide bonds. The summed E-state index contributed by atoms with van der Waals surface area (Å²) >= 11 is 0. The summed E-state index contributed by atoms with van der Waals surface area (Å²) in [5.41, 5.74) is 0.794. The van der Waals surface area contributed by atoms with Crippen LogP contribution in [-0.4, -0.2) is 25.7 Å². The highest BCUT2D eigenvalue weighted by molar-refractivity contribution is 7.91. The largest absolute Gasteiger partial charge is 0.294 e. The normalized spacial score (nSPS) is 22.6. The van der Waals surface area contributed by atoms with Crippen LogP contribution in [0.4, 0.5) is 4.39 Å². The van der Waals surface area contributed by atoms with Crippen molar-refractivity contribution in [3.63, 3.8) is 0 Å². The zero-order valence-corrected chi connectivity index (χ0v) is 10.3. The fourth-order valence-electron chi connectivity index (χ4n) is 2.05. The Bertz CT molecular complexity index is 563. The van der Waals surface area contributed by atoms with Crippen LogP contribution in [0.2, 0.25) is 0 Å². The molecule has 92 valence electrons. The molecule has 0 aromatic heterocycles. The van der Waals surface area contributed by atoms with E-state index in [-0.39, 0.29) is 17.1 Å². The van der Waals surface area contributed by atoms with Crippen molar-refractivity contribution >= 4 is 15.6 Å². The number of carbonyl (C=O) groups excluding carboxylic acids is 1. The van der Waals surface area contributed by atoms with Crippen LogP contribution in [0.1, 0.15) is 22.3 Å². The molecule has 1 aromatic carbocycles. The van der Waals surface area contributed by atoms with Crippen LogP contribution in [0, 0.1) is 18.7 Å². The van der Waals surface area contributed by atoms with Crippen molar-refractivity contribution in [1.29, 1.82) is 0 Å². The van der Waals surface area contributed by atoms with Gasteiger partial charge in [-0.2, -0.15) is 0 Å². The highest BCUT2D eigenvalue weighted by Gasteiger charge is 2.34. The lowest BCUT2D eigenvalue weighted by Crippen LogP contribution is -2.17. The van der Waals surface area contributed by atoms with E-state index in [4.69, 9.17) is 0 Å². The minimum atomic E-state index is -3.11. The molecule has 0 bridgehead atoms. The molecule has 1 unspecified atom stereocenters. The van der Waals surface area contributed by atoms with Crippen molar-refractivity contribution in [1.82, 2.24) is 0 Å². The lowest BCUT2D eigenvalue weighted by molar-refractivity contribution is 0.0929. The summed E-state index contributed by atoms with van der Waals surface area (Å²) in [6, 6.07) is 4.30. The summed E-state index contributed by atoms with van der Waals surface area (Å²) < 4.78 is 36.1. The number of sulfone groups is 1. The van der Waals surface area contributed by atoms with E-state index >= 15 is 0 Å². The molecule has 1 atom stereocenters. The molecule has 0 N–H and O–H groups in total. The molecule has 0 spiro atoms. The first-order valence-electron chi connectivity index (χ1n) is 5.40. The van der Waals surface area contributed by atoms with Crippen LogP contribution in [0.3, 0.4) is 0 Å². The summed E-state index contributed by atoms with van der Waals surface area (Å²) in [7, 11) is -3.11. The van der Waals surface area contributed by atoms with Gasteiger partial charge in [0.25, 0.3) is 0 Å². The van der Waals surface area contributed by atoms with E-state index < -0.39 is 27.4 Å². The second-order valence-corrected chi connectivity index (χ2v) is 6.68. The van der Waals surface area contributed by atoms with Gasteiger partial charge >= 0.3 is 0 Å². The Morgan fingerprint density at radius 3 is 2.71 bits per heavy atom. The van der Waals surface area contributed by atoms with Gasteiger partial charge < -0.3 is 0 Å². The van der Waals surface area contributed by atoms with E-state index in [0.29, 0.717) is 6.42 Å². The van der Waals surface area contributed by atoms with Crippen LogP contribution in [0.25, 0.3) is 0 Å². The summed E-state index contributed by atoms with van der Waals surface area (Å²) in [5, 5.41) is 0. The molecular weight excluding hydrogens is 243 g/mol. The minimum absolute atomic E-state index is 0.00657. The minimum Gasteiger partial charge on any atom is -0.294 e. The first-order chi connectivity index (χ1) is 7.89. The third-order valence-corrected chi connectivity index (χ3v) is 4.76. The fraction of sp³-hybridized carbons (Fsp3) is 0.417. The molecule has 1 aliphatic rings. The smallest absolute Gasteiger partial charge is 0.169 e. The topological polar surface area (TPSA) is 51.2 Å². The van der Waals surface area contributed by atoms with Crippen LogP contribution in [0.5, 0.6) is 0 Å². The lowest BCUT2D eigenvalue weighted by atomic mass is 9.96. The zero-order chi connectivity index (χ0) is 12.6. The van der Waals surface area contributed by atoms with Crippen molar-refractivity contribution < 1.29 is 17.6 Å². The van der Waals surface area contributed by atoms with E-state index in [1.165, 1.54) is 12.1 Å². The molecule has 0 saturated carbocycles. The van der Waals surface area contributed by atoms with Gasteiger partial charge in [-0.3, -0.25) is 4.79 Å². The van der Waals surface area contributed by atoms with E-state index in [2.05, 4.69) is 0 Å². The van der Waals surface area contributed by atoms with E-state index in [1.807, 2.05) is 0 Å². The molecule has 1 aromatic rings. The Hall–Kier alpha value is -1.23. The molecule has 17 heavy (non-hydrogen) atoms. The van der Waals surface area contributed by atoms with Gasteiger partial charge in [0.2, 0.25) is 0 Å². The van der Waals surface area contributed by atoms with E-state index in [1.54, 1.807) is 13.0 Å². The van der Waals surface area contributed by atoms with Crippen LogP contribution in [0.15, 0.2) is 18.2 Å². The van der Waals surface area contributed by atoms with Gasteiger partial charge in [0.1, 0.15) is 5.82 Å². The maximum Gasteiger partial charge on any atom is 0.169 e. The van der Waals surface area contributed by atoms with E-state index in [0.717, 1.165) is 5.56 Å². The standard InChI is InChI=1S/C12H13FO3S/c1-8-2-3-11(13)10(6-8)12(14)9-4-5-17(15,16)7-9/h2-3,6,9H,4-5,7H2,1H3. The molecule has 0 radical (unpaired) electrons. The number of hydrogen-bond donors (Lipinski definition) is 0. The van der Waals surface area contributed by atoms with Crippen molar-refractivity contribution in [2.45, 2.75) is 13.3 Å². The number of benzene rings is 1. The van der Waals surface area contributed by atoms with Crippen molar-refractivity contribution in [2.24, 2.45) is 5.92 Å². The van der Waals surface area contributed by atoms with E-state index in [9.17, 15) is 17.6 Å². The molecule has 1 heterocycles. The van der Waals surface area contributed by atoms with Crippen molar-refractivity contribution in [3.8, 4) is 0 Å². The van der Waals surface area contributed by atoms with Crippen LogP contribution in [-0.2, 0) is 9.84 Å². The van der Waals surface area contributed by atoms with Gasteiger partial charge in [-0.15, -0.1) is 0 Å². The van der Waals surface area contributed by atoms with Crippen molar-refractivity contribution in [3.05, 3.63) is 35.1 Å². The summed E-state index contributed by atoms with van der Waals surface area (Å²) in [6.45, 7) is 1.77.